The zero-order valence-electron chi connectivity index (χ0n) is 10.3. The van der Waals surface area contributed by atoms with E-state index in [9.17, 15) is 0 Å². The van der Waals surface area contributed by atoms with Crippen LogP contribution >= 0.6 is 0 Å². The van der Waals surface area contributed by atoms with Crippen molar-refractivity contribution in [1.82, 2.24) is 14.9 Å². The molecule has 16 heavy (non-hydrogen) atoms. The summed E-state index contributed by atoms with van der Waals surface area (Å²) in [7, 11) is 2.17. The zero-order chi connectivity index (χ0) is 11.4. The van der Waals surface area contributed by atoms with E-state index in [2.05, 4.69) is 39.9 Å². The van der Waals surface area contributed by atoms with Crippen molar-refractivity contribution in [3.8, 4) is 0 Å². The quantitative estimate of drug-likeness (QED) is 0.841. The van der Waals surface area contributed by atoms with Gasteiger partial charge < -0.3 is 14.8 Å². The lowest BCUT2D eigenvalue weighted by Gasteiger charge is -2.28. The molecule has 0 spiro atoms. The third kappa shape index (κ3) is 2.38. The summed E-state index contributed by atoms with van der Waals surface area (Å²) in [6.07, 6.45) is 7.69. The second kappa shape index (κ2) is 5.34. The smallest absolute Gasteiger partial charge is 0.205 e. The maximum absolute atomic E-state index is 4.46. The molecule has 0 saturated carbocycles. The van der Waals surface area contributed by atoms with E-state index in [1.807, 2.05) is 6.20 Å². The number of nitrogens with zero attached hydrogens (tertiary/aromatic N) is 3. The highest BCUT2D eigenvalue weighted by Crippen LogP contribution is 2.18. The average molecular weight is 222 g/mol. The van der Waals surface area contributed by atoms with Crippen LogP contribution in [0.3, 0.4) is 0 Å². The Labute approximate surface area is 97.7 Å². The molecule has 0 radical (unpaired) electrons. The van der Waals surface area contributed by atoms with Gasteiger partial charge in [-0.3, -0.25) is 0 Å². The number of hydrogen-bond acceptors (Lipinski definition) is 3. The van der Waals surface area contributed by atoms with Crippen molar-refractivity contribution in [1.29, 1.82) is 0 Å². The number of imidazole rings is 1. The van der Waals surface area contributed by atoms with Crippen LogP contribution in [0, 0.1) is 0 Å². The fraction of sp³-hybridized carbons (Fsp3) is 0.750. The molecule has 0 amide bonds. The van der Waals surface area contributed by atoms with Crippen molar-refractivity contribution in [3.63, 3.8) is 0 Å². The third-order valence-electron chi connectivity index (χ3n) is 3.44. The minimum absolute atomic E-state index is 0.628. The topological polar surface area (TPSA) is 33.1 Å². The lowest BCUT2D eigenvalue weighted by atomic mass is 10.1. The molecule has 1 N–H and O–H groups in total. The van der Waals surface area contributed by atoms with Gasteiger partial charge in [0.1, 0.15) is 0 Å². The van der Waals surface area contributed by atoms with Crippen molar-refractivity contribution in [3.05, 3.63) is 12.4 Å². The molecule has 1 saturated heterocycles. The first-order chi connectivity index (χ1) is 7.83. The average Bonchev–Trinajstić information content (AvgIpc) is 2.61. The molecular formula is C12H22N4. The predicted octanol–water partition coefficient (Wildman–Crippen LogP) is 1.48. The number of nitrogens with one attached hydrogen (secondary N) is 1. The SMILES string of the molecule is CCn1ccnc1N(C)C1CCCNCC1. The first-order valence-electron chi connectivity index (χ1n) is 6.27. The molecule has 1 unspecified atom stereocenters. The van der Waals surface area contributed by atoms with Gasteiger partial charge in [0, 0.05) is 32.0 Å². The monoisotopic (exact) mass is 222 g/mol. The van der Waals surface area contributed by atoms with Gasteiger partial charge in [0.25, 0.3) is 0 Å². The molecular weight excluding hydrogens is 200 g/mol. The van der Waals surface area contributed by atoms with Crippen LogP contribution in [0.15, 0.2) is 12.4 Å². The van der Waals surface area contributed by atoms with E-state index in [4.69, 9.17) is 0 Å². The summed E-state index contributed by atoms with van der Waals surface area (Å²) in [4.78, 5) is 6.80. The normalized spacial score (nSPS) is 21.8. The summed E-state index contributed by atoms with van der Waals surface area (Å²) in [6.45, 7) is 5.44. The molecule has 0 aliphatic carbocycles. The minimum atomic E-state index is 0.628. The van der Waals surface area contributed by atoms with Gasteiger partial charge >= 0.3 is 0 Å². The molecule has 4 nitrogen and oxygen atoms in total. The maximum Gasteiger partial charge on any atom is 0.205 e. The Morgan fingerprint density at radius 3 is 3.19 bits per heavy atom. The molecule has 1 atom stereocenters. The van der Waals surface area contributed by atoms with E-state index in [1.165, 1.54) is 19.3 Å². The Morgan fingerprint density at radius 2 is 2.38 bits per heavy atom. The number of hydrogen-bond donors (Lipinski definition) is 1. The summed E-state index contributed by atoms with van der Waals surface area (Å²) in [5.41, 5.74) is 0. The number of anilines is 1. The summed E-state index contributed by atoms with van der Waals surface area (Å²) in [5.74, 6) is 1.11. The maximum atomic E-state index is 4.46. The van der Waals surface area contributed by atoms with E-state index in [0.717, 1.165) is 25.6 Å². The van der Waals surface area contributed by atoms with Crippen LogP contribution in [0.1, 0.15) is 26.2 Å². The Kier molecular flexibility index (Phi) is 3.83. The van der Waals surface area contributed by atoms with Crippen molar-refractivity contribution in [2.75, 3.05) is 25.0 Å². The highest BCUT2D eigenvalue weighted by molar-refractivity contribution is 5.31. The zero-order valence-corrected chi connectivity index (χ0v) is 10.3. The summed E-state index contributed by atoms with van der Waals surface area (Å²) in [6, 6.07) is 0.628. The van der Waals surface area contributed by atoms with Crippen LogP contribution in [0.2, 0.25) is 0 Å². The predicted molar refractivity (Wildman–Crippen MR) is 66.8 cm³/mol. The Balaban J connectivity index is 2.07. The highest BCUT2D eigenvalue weighted by atomic mass is 15.3. The fourth-order valence-corrected chi connectivity index (χ4v) is 2.41. The summed E-state index contributed by atoms with van der Waals surface area (Å²) in [5, 5.41) is 3.45. The second-order valence-electron chi connectivity index (χ2n) is 4.46. The van der Waals surface area contributed by atoms with Gasteiger partial charge in [0.15, 0.2) is 0 Å². The molecule has 2 heterocycles. The van der Waals surface area contributed by atoms with Crippen molar-refractivity contribution in [2.45, 2.75) is 38.8 Å². The Bertz CT molecular complexity index is 313. The molecule has 1 aromatic heterocycles. The van der Waals surface area contributed by atoms with E-state index in [-0.39, 0.29) is 0 Å². The van der Waals surface area contributed by atoms with Gasteiger partial charge in [0.05, 0.1) is 0 Å². The Morgan fingerprint density at radius 1 is 1.50 bits per heavy atom. The Hall–Kier alpha value is -1.03. The van der Waals surface area contributed by atoms with Gasteiger partial charge in [0.2, 0.25) is 5.95 Å². The molecule has 1 aliphatic heterocycles. The number of rotatable bonds is 3. The lowest BCUT2D eigenvalue weighted by Crippen LogP contribution is -2.34. The molecule has 1 aromatic rings. The third-order valence-corrected chi connectivity index (χ3v) is 3.44. The van der Waals surface area contributed by atoms with Gasteiger partial charge in [-0.2, -0.15) is 0 Å². The van der Waals surface area contributed by atoms with Crippen LogP contribution in [-0.4, -0.2) is 35.7 Å². The second-order valence-corrected chi connectivity index (χ2v) is 4.46. The van der Waals surface area contributed by atoms with Crippen LogP contribution in [0.5, 0.6) is 0 Å². The van der Waals surface area contributed by atoms with E-state index in [1.54, 1.807) is 0 Å². The first-order valence-corrected chi connectivity index (χ1v) is 6.27. The van der Waals surface area contributed by atoms with Gasteiger partial charge in [-0.25, -0.2) is 4.98 Å². The first kappa shape index (κ1) is 11.5. The molecule has 2 rings (SSSR count). The molecule has 1 fully saturated rings. The summed E-state index contributed by atoms with van der Waals surface area (Å²) >= 11 is 0. The lowest BCUT2D eigenvalue weighted by molar-refractivity contribution is 0.547. The van der Waals surface area contributed by atoms with Crippen molar-refractivity contribution < 1.29 is 0 Å². The molecule has 0 aromatic carbocycles. The highest BCUT2D eigenvalue weighted by Gasteiger charge is 2.19. The van der Waals surface area contributed by atoms with Crippen LogP contribution in [0.25, 0.3) is 0 Å². The minimum Gasteiger partial charge on any atom is -0.342 e. The van der Waals surface area contributed by atoms with Crippen LogP contribution in [-0.2, 0) is 6.54 Å². The van der Waals surface area contributed by atoms with Gasteiger partial charge in [-0.15, -0.1) is 0 Å². The number of aromatic nitrogens is 2. The van der Waals surface area contributed by atoms with E-state index < -0.39 is 0 Å². The largest absolute Gasteiger partial charge is 0.342 e. The van der Waals surface area contributed by atoms with Crippen molar-refractivity contribution >= 4 is 5.95 Å². The van der Waals surface area contributed by atoms with E-state index >= 15 is 0 Å². The van der Waals surface area contributed by atoms with Crippen LogP contribution in [0.4, 0.5) is 5.95 Å². The van der Waals surface area contributed by atoms with Gasteiger partial charge in [-0.1, -0.05) is 0 Å². The van der Waals surface area contributed by atoms with Gasteiger partial charge in [-0.05, 0) is 39.3 Å². The van der Waals surface area contributed by atoms with Crippen molar-refractivity contribution in [2.24, 2.45) is 0 Å². The fourth-order valence-electron chi connectivity index (χ4n) is 2.41. The molecule has 0 bridgehead atoms. The van der Waals surface area contributed by atoms with E-state index in [0.29, 0.717) is 6.04 Å². The molecule has 1 aliphatic rings. The standard InChI is InChI=1S/C12H22N4/c1-3-16-10-9-14-12(16)15(2)11-5-4-7-13-8-6-11/h9-11,13H,3-8H2,1-2H3. The summed E-state index contributed by atoms with van der Waals surface area (Å²) < 4.78 is 2.21. The molecule has 90 valence electrons. The molecule has 4 heteroatoms. The number of aryl methyl sites for hydroxylation is 1. The van der Waals surface area contributed by atoms with Crippen LogP contribution < -0.4 is 10.2 Å².